The molecule has 1 fully saturated rings. The van der Waals surface area contributed by atoms with Gasteiger partial charge in [0, 0.05) is 11.1 Å². The number of rotatable bonds is 9. The zero-order chi connectivity index (χ0) is 29.9. The monoisotopic (exact) mass is 605 g/mol. The lowest BCUT2D eigenvalue weighted by Crippen LogP contribution is -2.71. The van der Waals surface area contributed by atoms with Crippen LogP contribution in [0.25, 0.3) is 0 Å². The van der Waals surface area contributed by atoms with Crippen LogP contribution in [0.5, 0.6) is 0 Å². The van der Waals surface area contributed by atoms with Gasteiger partial charge in [-0.2, -0.15) is 0 Å². The molecular formula is C23H27N9O7S2. The molecule has 218 valence electrons. The molecule has 2 amide bonds. The molecule has 0 saturated carbocycles. The Hall–Kier alpha value is -4.32. The van der Waals surface area contributed by atoms with Gasteiger partial charge in [0.05, 0.1) is 12.0 Å². The number of β-lactam (4-membered cyclic amide) rings is 1. The number of nitrogens with one attached hydrogen (secondary N) is 1. The van der Waals surface area contributed by atoms with Gasteiger partial charge in [0.2, 0.25) is 6.79 Å². The highest BCUT2D eigenvalue weighted by Gasteiger charge is 2.54. The Morgan fingerprint density at radius 1 is 1.32 bits per heavy atom. The number of nitrogens with zero attached hydrogens (tertiary/aromatic N) is 7. The van der Waals surface area contributed by atoms with Crippen LogP contribution in [0.1, 0.15) is 32.3 Å². The molecule has 0 bridgehead atoms. The number of thiazole rings is 1. The molecule has 4 N–H and O–H groups in total. The van der Waals surface area contributed by atoms with E-state index in [-0.39, 0.29) is 22.3 Å². The first-order valence-electron chi connectivity index (χ1n) is 12.1. The molecule has 1 saturated heterocycles. The highest BCUT2D eigenvalue weighted by Crippen LogP contribution is 2.41. The van der Waals surface area contributed by atoms with E-state index in [0.29, 0.717) is 17.9 Å². The summed E-state index contributed by atoms with van der Waals surface area (Å²) in [6.07, 6.45) is 3.38. The quantitative estimate of drug-likeness (QED) is 0.0870. The molecule has 41 heavy (non-hydrogen) atoms. The number of aryl methyl sites for hydroxylation is 1. The van der Waals surface area contributed by atoms with E-state index in [0.717, 1.165) is 11.3 Å². The van der Waals surface area contributed by atoms with Crippen LogP contribution in [-0.4, -0.2) is 88.7 Å². The Balaban J connectivity index is 1.52. The van der Waals surface area contributed by atoms with Crippen molar-refractivity contribution in [1.29, 1.82) is 0 Å². The molecule has 0 aromatic carbocycles. The maximum atomic E-state index is 13.2. The fourth-order valence-corrected chi connectivity index (χ4v) is 5.58. The number of ether oxygens (including phenoxy) is 2. The van der Waals surface area contributed by atoms with Crippen molar-refractivity contribution in [2.45, 2.75) is 45.7 Å². The van der Waals surface area contributed by atoms with Gasteiger partial charge in [-0.3, -0.25) is 19.3 Å². The van der Waals surface area contributed by atoms with E-state index in [1.54, 1.807) is 39.8 Å². The first-order chi connectivity index (χ1) is 19.4. The molecule has 16 nitrogen and oxygen atoms in total. The smallest absolute Gasteiger partial charge is 0.358 e. The number of nitrogen functional groups attached to an aromatic ring is 1. The van der Waals surface area contributed by atoms with E-state index >= 15 is 0 Å². The van der Waals surface area contributed by atoms with Crippen molar-refractivity contribution in [3.63, 3.8) is 0 Å². The third-order valence-electron chi connectivity index (χ3n) is 5.86. The molecule has 18 heteroatoms. The summed E-state index contributed by atoms with van der Waals surface area (Å²) in [4.78, 5) is 56.5. The number of oxime groups is 1. The third-order valence-corrected chi connectivity index (χ3v) is 7.83. The van der Waals surface area contributed by atoms with E-state index in [1.807, 2.05) is 0 Å². The minimum atomic E-state index is -1.03. The molecule has 2 aromatic heterocycles. The van der Waals surface area contributed by atoms with Gasteiger partial charge in [-0.05, 0) is 43.7 Å². The summed E-state index contributed by atoms with van der Waals surface area (Å²) in [6.45, 7) is 6.36. The number of esters is 2. The van der Waals surface area contributed by atoms with E-state index in [1.165, 1.54) is 26.7 Å². The fourth-order valence-electron chi connectivity index (χ4n) is 3.71. The number of allylic oxidation sites excluding steroid dienone is 2. The minimum Gasteiger partial charge on any atom is -0.427 e. The van der Waals surface area contributed by atoms with Crippen molar-refractivity contribution in [2.75, 3.05) is 18.3 Å². The molecular weight excluding hydrogens is 578 g/mol. The van der Waals surface area contributed by atoms with Crippen LogP contribution >= 0.6 is 23.1 Å². The average Bonchev–Trinajstić information content (AvgIpc) is 3.54. The van der Waals surface area contributed by atoms with Gasteiger partial charge in [-0.25, -0.2) is 14.5 Å². The van der Waals surface area contributed by atoms with E-state index < -0.39 is 53.1 Å². The molecule has 4 rings (SSSR count). The Morgan fingerprint density at radius 3 is 2.68 bits per heavy atom. The average molecular weight is 606 g/mol. The summed E-state index contributed by atoms with van der Waals surface area (Å²) >= 11 is 2.35. The lowest BCUT2D eigenvalue weighted by atomic mass is 9.98. The second kappa shape index (κ2) is 12.0. The van der Waals surface area contributed by atoms with Gasteiger partial charge in [0.1, 0.15) is 28.6 Å². The molecule has 4 heterocycles. The minimum absolute atomic E-state index is 0.0478. The molecule has 2 aliphatic rings. The number of aromatic nitrogens is 5. The topological polar surface area (TPSA) is 217 Å². The number of carbonyl (C=O) groups excluding carboxylic acids is 4. The van der Waals surface area contributed by atoms with Crippen LogP contribution in [-0.2, 0) is 35.2 Å². The van der Waals surface area contributed by atoms with Gasteiger partial charge >= 0.3 is 11.9 Å². The Bertz CT molecular complexity index is 1460. The lowest BCUT2D eigenvalue weighted by molar-refractivity contribution is -0.173. The number of hydrogen-bond donors (Lipinski definition) is 3. The predicted octanol–water partition coefficient (Wildman–Crippen LogP) is 0.199. The normalized spacial score (nSPS) is 19.2. The summed E-state index contributed by atoms with van der Waals surface area (Å²) in [5, 5.41) is 27.1. The maximum Gasteiger partial charge on any atom is 0.358 e. The van der Waals surface area contributed by atoms with Crippen LogP contribution < -0.4 is 11.1 Å². The standard InChI is InChI=1S/C23H27N9O7S2/c1-11-27-29-30-31(11)7-5-6-12-8-40-19-15(26-17(33)14(28-37)13-9-41-22(24)25-13)18(34)32(19)16(12)20(35)38-10-39-21(36)23(2,3)4/h5-6,9,15,19,37H,7-8,10H2,1-4H3,(H2,24,25)(H,26,33)/b6-5-,28-14?/t15?,19-/m1/s1. The van der Waals surface area contributed by atoms with Crippen LogP contribution in [0, 0.1) is 12.3 Å². The molecule has 0 radical (unpaired) electrons. The highest BCUT2D eigenvalue weighted by molar-refractivity contribution is 8.00. The van der Waals surface area contributed by atoms with Crippen molar-refractivity contribution >= 4 is 57.7 Å². The van der Waals surface area contributed by atoms with Crippen LogP contribution in [0.15, 0.2) is 34.0 Å². The first-order valence-corrected chi connectivity index (χ1v) is 14.0. The number of nitrogens with two attached hydrogens (primary N) is 1. The molecule has 0 aliphatic carbocycles. The number of tetrazole rings is 1. The second-order valence-corrected chi connectivity index (χ2v) is 11.8. The van der Waals surface area contributed by atoms with Crippen molar-refractivity contribution in [3.8, 4) is 0 Å². The third kappa shape index (κ3) is 6.37. The maximum absolute atomic E-state index is 13.2. The Kier molecular flexibility index (Phi) is 8.72. The molecule has 2 aliphatic heterocycles. The highest BCUT2D eigenvalue weighted by atomic mass is 32.2. The van der Waals surface area contributed by atoms with E-state index in [9.17, 15) is 24.4 Å². The number of amides is 2. The SMILES string of the molecule is Cc1nnnn1C/C=C\C1=C(C(=O)OCOC(=O)C(C)(C)C)N2C(=O)C(NC(=O)C(=NO)c3csc(N)n3)[C@H]2SC1. The van der Waals surface area contributed by atoms with Crippen molar-refractivity contribution in [1.82, 2.24) is 35.4 Å². The van der Waals surface area contributed by atoms with Crippen LogP contribution in [0.2, 0.25) is 0 Å². The molecule has 2 aromatic rings. The second-order valence-electron chi connectivity index (χ2n) is 9.80. The summed E-state index contributed by atoms with van der Waals surface area (Å²) in [6, 6.07) is -1.03. The molecule has 0 spiro atoms. The number of anilines is 1. The van der Waals surface area contributed by atoms with Crippen molar-refractivity contribution in [2.24, 2.45) is 10.6 Å². The van der Waals surface area contributed by atoms with E-state index in [4.69, 9.17) is 15.2 Å². The number of thioether (sulfide) groups is 1. The molecule has 2 atom stereocenters. The van der Waals surface area contributed by atoms with Gasteiger partial charge < -0.3 is 25.7 Å². The Labute approximate surface area is 241 Å². The first kappa shape index (κ1) is 29.7. The zero-order valence-electron chi connectivity index (χ0n) is 22.4. The van der Waals surface area contributed by atoms with Gasteiger partial charge in [-0.1, -0.05) is 17.3 Å². The Morgan fingerprint density at radius 2 is 2.07 bits per heavy atom. The summed E-state index contributed by atoms with van der Waals surface area (Å²) < 4.78 is 11.8. The number of carbonyl (C=O) groups is 4. The van der Waals surface area contributed by atoms with Gasteiger partial charge in [0.15, 0.2) is 10.8 Å². The van der Waals surface area contributed by atoms with E-state index in [2.05, 4.69) is 31.0 Å². The molecule has 1 unspecified atom stereocenters. The zero-order valence-corrected chi connectivity index (χ0v) is 24.1. The van der Waals surface area contributed by atoms with Crippen molar-refractivity contribution in [3.05, 3.63) is 40.3 Å². The summed E-state index contributed by atoms with van der Waals surface area (Å²) in [5.41, 5.74) is 4.85. The summed E-state index contributed by atoms with van der Waals surface area (Å²) in [5.74, 6) is -2.03. The number of fused-ring (bicyclic) bond motifs is 1. The predicted molar refractivity (Wildman–Crippen MR) is 145 cm³/mol. The fraction of sp³-hybridized carbons (Fsp3) is 0.435. The largest absolute Gasteiger partial charge is 0.427 e. The summed E-state index contributed by atoms with van der Waals surface area (Å²) in [7, 11) is 0. The van der Waals surface area contributed by atoms with Gasteiger partial charge in [-0.15, -0.1) is 28.2 Å². The lowest BCUT2D eigenvalue weighted by Gasteiger charge is -2.49. The van der Waals surface area contributed by atoms with Crippen molar-refractivity contribution < 1.29 is 33.9 Å². The van der Waals surface area contributed by atoms with Crippen LogP contribution in [0.4, 0.5) is 5.13 Å². The van der Waals surface area contributed by atoms with Crippen LogP contribution in [0.3, 0.4) is 0 Å². The number of hydrogen-bond acceptors (Lipinski definition) is 15. The van der Waals surface area contributed by atoms with Gasteiger partial charge in [0.25, 0.3) is 11.8 Å².